The highest BCUT2D eigenvalue weighted by molar-refractivity contribution is 5.89. The fourth-order valence-corrected chi connectivity index (χ4v) is 2.81. The van der Waals surface area contributed by atoms with Gasteiger partial charge < -0.3 is 9.47 Å². The summed E-state index contributed by atoms with van der Waals surface area (Å²) >= 11 is 0. The number of hydrogen-bond acceptors (Lipinski definition) is 6. The van der Waals surface area contributed by atoms with Gasteiger partial charge in [0.15, 0.2) is 6.40 Å². The highest BCUT2D eigenvalue weighted by Crippen LogP contribution is 2.17. The predicted molar refractivity (Wildman–Crippen MR) is 144 cm³/mol. The molecule has 0 atom stereocenters. The highest BCUT2D eigenvalue weighted by Gasteiger charge is 2.10. The van der Waals surface area contributed by atoms with Gasteiger partial charge in [-0.15, -0.1) is 0 Å². The van der Waals surface area contributed by atoms with Gasteiger partial charge in [-0.1, -0.05) is 54.7 Å². The van der Waals surface area contributed by atoms with Crippen LogP contribution in [0.5, 0.6) is 0 Å². The summed E-state index contributed by atoms with van der Waals surface area (Å²) in [5, 5.41) is 0. The minimum absolute atomic E-state index is 0.105. The summed E-state index contributed by atoms with van der Waals surface area (Å²) in [6.45, 7) is 14.5. The van der Waals surface area contributed by atoms with E-state index in [1.807, 2.05) is 69.4 Å². The molecular formula is C28H43N3O3. The third kappa shape index (κ3) is 14.6. The van der Waals surface area contributed by atoms with Gasteiger partial charge in [-0.3, -0.25) is 9.83 Å². The van der Waals surface area contributed by atoms with Crippen LogP contribution in [0.3, 0.4) is 0 Å². The van der Waals surface area contributed by atoms with Crippen LogP contribution >= 0.6 is 0 Å². The maximum absolute atomic E-state index is 5.74. The number of hydrogen-bond donors (Lipinski definition) is 1. The van der Waals surface area contributed by atoms with E-state index >= 15 is 0 Å². The van der Waals surface area contributed by atoms with Crippen molar-refractivity contribution in [2.75, 3.05) is 26.4 Å². The van der Waals surface area contributed by atoms with Crippen molar-refractivity contribution in [1.29, 1.82) is 0 Å². The summed E-state index contributed by atoms with van der Waals surface area (Å²) in [7, 11) is 0. The molecule has 34 heavy (non-hydrogen) atoms. The molecule has 0 aromatic heterocycles. The number of rotatable bonds is 15. The number of nitrogens with zero attached hydrogens (tertiary/aromatic N) is 2. The Labute approximate surface area is 206 Å². The molecule has 0 radical (unpaired) electrons. The Morgan fingerprint density at radius 2 is 1.71 bits per heavy atom. The Balaban J connectivity index is 2.75. The summed E-state index contributed by atoms with van der Waals surface area (Å²) < 4.78 is 11.4. The summed E-state index contributed by atoms with van der Waals surface area (Å²) in [5.74, 6) is 0.139. The molecule has 0 amide bonds. The van der Waals surface area contributed by atoms with Crippen molar-refractivity contribution in [3.63, 3.8) is 0 Å². The lowest BCUT2D eigenvalue weighted by Crippen LogP contribution is -2.19. The van der Waals surface area contributed by atoms with E-state index in [-0.39, 0.29) is 11.5 Å². The van der Waals surface area contributed by atoms with Gasteiger partial charge in [-0.25, -0.2) is 4.99 Å². The van der Waals surface area contributed by atoms with Crippen molar-refractivity contribution in [1.82, 2.24) is 5.48 Å². The van der Waals surface area contributed by atoms with Crippen LogP contribution in [0.25, 0.3) is 0 Å². The molecule has 188 valence electrons. The highest BCUT2D eigenvalue weighted by atomic mass is 16.6. The first-order valence-electron chi connectivity index (χ1n) is 12.0. The fraction of sp³-hybridized carbons (Fsp3) is 0.500. The summed E-state index contributed by atoms with van der Waals surface area (Å²) in [4.78, 5) is 14.9. The monoisotopic (exact) mass is 469 g/mol. The largest absolute Gasteiger partial charge is 0.483 e. The average Bonchev–Trinajstić information content (AvgIpc) is 3.09. The van der Waals surface area contributed by atoms with Crippen molar-refractivity contribution < 1.29 is 14.3 Å². The van der Waals surface area contributed by atoms with E-state index in [0.29, 0.717) is 25.5 Å². The number of allylic oxidation sites excluding steroid dienone is 8. The Bertz CT molecular complexity index is 793. The van der Waals surface area contributed by atoms with Crippen LogP contribution in [0.2, 0.25) is 0 Å². The molecule has 1 rings (SSSR count). The van der Waals surface area contributed by atoms with Crippen LogP contribution < -0.4 is 5.48 Å². The topological polar surface area (TPSA) is 64.4 Å². The Morgan fingerprint density at radius 1 is 1.00 bits per heavy atom. The molecule has 0 unspecified atom stereocenters. The molecule has 0 heterocycles. The van der Waals surface area contributed by atoms with E-state index < -0.39 is 0 Å². The normalized spacial score (nSPS) is 16.2. The van der Waals surface area contributed by atoms with Crippen molar-refractivity contribution in [2.45, 2.75) is 60.0 Å². The minimum atomic E-state index is -0.105. The SMILES string of the molecule is C/C=C/CNOC/C=C(N=COCCCCOC(C)(C)C)\C(=C/C)N=C(C)C1C=CC=CC=C1. The van der Waals surface area contributed by atoms with Crippen LogP contribution in [-0.2, 0) is 14.3 Å². The van der Waals surface area contributed by atoms with Gasteiger partial charge in [0.25, 0.3) is 0 Å². The zero-order chi connectivity index (χ0) is 25.1. The van der Waals surface area contributed by atoms with Gasteiger partial charge >= 0.3 is 0 Å². The smallest absolute Gasteiger partial charge is 0.174 e. The second-order valence-electron chi connectivity index (χ2n) is 8.70. The molecule has 1 aliphatic rings. The third-order valence-corrected chi connectivity index (χ3v) is 4.64. The van der Waals surface area contributed by atoms with Crippen molar-refractivity contribution in [2.24, 2.45) is 15.9 Å². The Kier molecular flexibility index (Phi) is 15.5. The lowest BCUT2D eigenvalue weighted by Gasteiger charge is -2.19. The zero-order valence-electron chi connectivity index (χ0n) is 21.8. The lowest BCUT2D eigenvalue weighted by molar-refractivity contribution is -0.00559. The average molecular weight is 470 g/mol. The Hall–Kier alpha value is -2.54. The quantitative estimate of drug-likeness (QED) is 0.0766. The van der Waals surface area contributed by atoms with Crippen molar-refractivity contribution >= 4 is 12.1 Å². The zero-order valence-corrected chi connectivity index (χ0v) is 21.8. The van der Waals surface area contributed by atoms with Gasteiger partial charge in [-0.05, 0) is 60.5 Å². The number of hydroxylamine groups is 1. The first kappa shape index (κ1) is 29.5. The molecule has 0 aromatic carbocycles. The van der Waals surface area contributed by atoms with E-state index in [1.165, 1.54) is 6.40 Å². The molecule has 0 aromatic rings. The second kappa shape index (κ2) is 17.9. The lowest BCUT2D eigenvalue weighted by atomic mass is 10.0. The predicted octanol–water partition coefficient (Wildman–Crippen LogP) is 6.27. The molecule has 0 aliphatic heterocycles. The van der Waals surface area contributed by atoms with Gasteiger partial charge in [0.1, 0.15) is 0 Å². The molecule has 0 saturated heterocycles. The number of unbranched alkanes of at least 4 members (excludes halogenated alkanes) is 1. The molecule has 1 N–H and O–H groups in total. The van der Waals surface area contributed by atoms with E-state index in [2.05, 4.69) is 43.4 Å². The van der Waals surface area contributed by atoms with E-state index in [0.717, 1.165) is 30.9 Å². The molecular weight excluding hydrogens is 426 g/mol. The summed E-state index contributed by atoms with van der Waals surface area (Å²) in [6.07, 6.45) is 23.5. The molecule has 6 heteroatoms. The standard InChI is InChI=1S/C28H43N3O3/c1-7-9-19-30-34-22-18-27(29-23-32-20-14-15-21-33-28(4,5)6)26(8-2)31-24(3)25-16-12-10-11-13-17-25/h7-13,16-18,23,25,30H,14-15,19-22H2,1-6H3/b9-7+,26-8+,27-18+,29-23?,31-24?. The first-order valence-corrected chi connectivity index (χ1v) is 12.0. The number of ether oxygens (including phenoxy) is 2. The van der Waals surface area contributed by atoms with Gasteiger partial charge in [0, 0.05) is 24.8 Å². The van der Waals surface area contributed by atoms with E-state index in [1.54, 1.807) is 0 Å². The summed E-state index contributed by atoms with van der Waals surface area (Å²) in [5.41, 5.74) is 5.25. The Morgan fingerprint density at radius 3 is 2.35 bits per heavy atom. The second-order valence-corrected chi connectivity index (χ2v) is 8.70. The van der Waals surface area contributed by atoms with Crippen LogP contribution in [0.1, 0.15) is 54.4 Å². The van der Waals surface area contributed by atoms with Gasteiger partial charge in [-0.2, -0.15) is 5.48 Å². The van der Waals surface area contributed by atoms with Gasteiger partial charge in [0.05, 0.1) is 30.2 Å². The first-order chi connectivity index (χ1) is 16.4. The number of aliphatic imine (C=N–C) groups is 2. The molecule has 0 bridgehead atoms. The molecule has 1 aliphatic carbocycles. The molecule has 0 spiro atoms. The van der Waals surface area contributed by atoms with E-state index in [9.17, 15) is 0 Å². The number of nitrogens with one attached hydrogen (secondary N) is 1. The van der Waals surface area contributed by atoms with Crippen molar-refractivity contribution in [3.8, 4) is 0 Å². The molecule has 0 saturated carbocycles. The minimum Gasteiger partial charge on any atom is -0.483 e. The molecule has 6 nitrogen and oxygen atoms in total. The van der Waals surface area contributed by atoms with Crippen LogP contribution in [-0.4, -0.2) is 44.1 Å². The summed E-state index contributed by atoms with van der Waals surface area (Å²) in [6, 6.07) is 0. The maximum atomic E-state index is 5.74. The maximum Gasteiger partial charge on any atom is 0.174 e. The van der Waals surface area contributed by atoms with Crippen LogP contribution in [0.15, 0.2) is 82.1 Å². The van der Waals surface area contributed by atoms with Crippen molar-refractivity contribution in [3.05, 3.63) is 72.2 Å². The van der Waals surface area contributed by atoms with Gasteiger partial charge in [0.2, 0.25) is 0 Å². The fourth-order valence-electron chi connectivity index (χ4n) is 2.81. The van der Waals surface area contributed by atoms with Crippen LogP contribution in [0.4, 0.5) is 0 Å². The van der Waals surface area contributed by atoms with Crippen LogP contribution in [0, 0.1) is 5.92 Å². The third-order valence-electron chi connectivity index (χ3n) is 4.64. The van der Waals surface area contributed by atoms with E-state index in [4.69, 9.17) is 19.3 Å². The molecule has 0 fully saturated rings.